The van der Waals surface area contributed by atoms with Crippen LogP contribution in [0.4, 0.5) is 0 Å². The molecule has 0 saturated heterocycles. The van der Waals surface area contributed by atoms with E-state index in [-0.39, 0.29) is 0 Å². The molecule has 222 valence electrons. The second-order valence-corrected chi connectivity index (χ2v) is 11.9. The second-order valence-electron chi connectivity index (χ2n) is 11.9. The maximum Gasteiger partial charge on any atom is 0.0998 e. The molecule has 0 saturated carbocycles. The SMILES string of the molecule is N#Cc1cccc(-n2c3ccccc3c3c(C#N)cccc32)c1-c1ccccc1-c1cccc(-n2c3ccccc3c3ccccc32)c1. The molecule has 0 atom stereocenters. The Morgan fingerprint density at radius 2 is 0.958 bits per heavy atom. The van der Waals surface area contributed by atoms with Crippen molar-refractivity contribution in [2.45, 2.75) is 0 Å². The highest BCUT2D eigenvalue weighted by Gasteiger charge is 2.21. The van der Waals surface area contributed by atoms with Gasteiger partial charge in [0.15, 0.2) is 0 Å². The van der Waals surface area contributed by atoms with E-state index in [0.717, 1.165) is 66.5 Å². The van der Waals surface area contributed by atoms with Crippen molar-refractivity contribution in [3.05, 3.63) is 169 Å². The largest absolute Gasteiger partial charge is 0.309 e. The van der Waals surface area contributed by atoms with Gasteiger partial charge in [-0.15, -0.1) is 0 Å². The number of fused-ring (bicyclic) bond motifs is 6. The van der Waals surface area contributed by atoms with Crippen molar-refractivity contribution >= 4 is 43.6 Å². The van der Waals surface area contributed by atoms with Crippen molar-refractivity contribution in [3.63, 3.8) is 0 Å². The van der Waals surface area contributed by atoms with Crippen molar-refractivity contribution < 1.29 is 0 Å². The molecule has 4 nitrogen and oxygen atoms in total. The topological polar surface area (TPSA) is 57.4 Å². The fourth-order valence-electron chi connectivity index (χ4n) is 7.44. The highest BCUT2D eigenvalue weighted by Crippen LogP contribution is 2.42. The highest BCUT2D eigenvalue weighted by atomic mass is 15.0. The molecule has 4 heteroatoms. The number of benzene rings is 7. The molecule has 0 aliphatic rings. The molecular formula is C44H26N4. The predicted molar refractivity (Wildman–Crippen MR) is 195 cm³/mol. The second kappa shape index (κ2) is 10.9. The standard InChI is InChI=1S/C44H26N4/c45-27-30-13-10-24-41(48-40-23-8-5-20-37(40)44-31(28-46)14-11-25-42(44)48)43(30)36-19-2-1-16-33(36)29-12-9-15-32(26-29)47-38-21-6-3-17-34(38)35-18-4-7-22-39(35)47/h1-26H. The van der Waals surface area contributed by atoms with Crippen LogP contribution in [0.3, 0.4) is 0 Å². The lowest BCUT2D eigenvalue weighted by Crippen LogP contribution is -2.01. The number of rotatable bonds is 4. The van der Waals surface area contributed by atoms with Gasteiger partial charge in [-0.2, -0.15) is 10.5 Å². The van der Waals surface area contributed by atoms with Crippen LogP contribution in [0.15, 0.2) is 158 Å². The maximum absolute atomic E-state index is 10.5. The van der Waals surface area contributed by atoms with Crippen molar-refractivity contribution in [1.82, 2.24) is 9.13 Å². The molecule has 0 aliphatic carbocycles. The van der Waals surface area contributed by atoms with E-state index in [0.29, 0.717) is 11.1 Å². The lowest BCUT2D eigenvalue weighted by atomic mass is 9.90. The van der Waals surface area contributed by atoms with E-state index >= 15 is 0 Å². The number of nitrogens with zero attached hydrogens (tertiary/aromatic N) is 4. The summed E-state index contributed by atoms with van der Waals surface area (Å²) in [6.45, 7) is 0. The van der Waals surface area contributed by atoms with E-state index in [1.807, 2.05) is 42.5 Å². The molecular weight excluding hydrogens is 585 g/mol. The van der Waals surface area contributed by atoms with Gasteiger partial charge in [-0.1, -0.05) is 103 Å². The van der Waals surface area contributed by atoms with Crippen LogP contribution >= 0.6 is 0 Å². The zero-order chi connectivity index (χ0) is 32.2. The Labute approximate surface area is 277 Å². The Balaban J connectivity index is 1.31. The zero-order valence-electron chi connectivity index (χ0n) is 25.8. The molecule has 48 heavy (non-hydrogen) atoms. The van der Waals surface area contributed by atoms with Gasteiger partial charge in [-0.3, -0.25) is 0 Å². The van der Waals surface area contributed by atoms with Gasteiger partial charge in [0.2, 0.25) is 0 Å². The molecule has 9 rings (SSSR count). The molecule has 2 aromatic heterocycles. The first-order valence-electron chi connectivity index (χ1n) is 15.9. The number of hydrogen-bond acceptors (Lipinski definition) is 2. The Hall–Kier alpha value is -6.88. The smallest absolute Gasteiger partial charge is 0.0998 e. The van der Waals surface area contributed by atoms with Crippen LogP contribution in [0.2, 0.25) is 0 Å². The molecule has 0 amide bonds. The van der Waals surface area contributed by atoms with Gasteiger partial charge < -0.3 is 9.13 Å². The van der Waals surface area contributed by atoms with Gasteiger partial charge in [-0.05, 0) is 71.3 Å². The summed E-state index contributed by atoms with van der Waals surface area (Å²) in [5, 5.41) is 24.9. The van der Waals surface area contributed by atoms with Gasteiger partial charge in [0.05, 0.1) is 51.0 Å². The lowest BCUT2D eigenvalue weighted by molar-refractivity contribution is 1.18. The summed E-state index contributed by atoms with van der Waals surface area (Å²) < 4.78 is 4.53. The van der Waals surface area contributed by atoms with Crippen LogP contribution in [0.1, 0.15) is 11.1 Å². The van der Waals surface area contributed by atoms with E-state index in [2.05, 4.69) is 137 Å². The summed E-state index contributed by atoms with van der Waals surface area (Å²) in [4.78, 5) is 0. The van der Waals surface area contributed by atoms with Crippen molar-refractivity contribution in [2.24, 2.45) is 0 Å². The third kappa shape index (κ3) is 4.01. The van der Waals surface area contributed by atoms with E-state index < -0.39 is 0 Å². The summed E-state index contributed by atoms with van der Waals surface area (Å²) in [7, 11) is 0. The van der Waals surface area contributed by atoms with Crippen molar-refractivity contribution in [1.29, 1.82) is 10.5 Å². The molecule has 0 unspecified atom stereocenters. The Morgan fingerprint density at radius 3 is 1.67 bits per heavy atom. The number of hydrogen-bond donors (Lipinski definition) is 0. The minimum atomic E-state index is 0.584. The third-order valence-electron chi connectivity index (χ3n) is 9.41. The summed E-state index contributed by atoms with van der Waals surface area (Å²) in [5.41, 5.74) is 11.3. The number of aromatic nitrogens is 2. The zero-order valence-corrected chi connectivity index (χ0v) is 25.8. The quantitative estimate of drug-likeness (QED) is 0.199. The Morgan fingerprint density at radius 1 is 0.417 bits per heavy atom. The summed E-state index contributed by atoms with van der Waals surface area (Å²) in [6.07, 6.45) is 0. The average Bonchev–Trinajstić information content (AvgIpc) is 3.68. The monoisotopic (exact) mass is 610 g/mol. The number of nitriles is 2. The first kappa shape index (κ1) is 27.4. The molecule has 7 aromatic carbocycles. The summed E-state index contributed by atoms with van der Waals surface area (Å²) in [6, 6.07) is 58.9. The van der Waals surface area contributed by atoms with Gasteiger partial charge in [0.1, 0.15) is 0 Å². The van der Waals surface area contributed by atoms with Crippen molar-refractivity contribution in [2.75, 3.05) is 0 Å². The Kier molecular flexibility index (Phi) is 6.22. The minimum Gasteiger partial charge on any atom is -0.309 e. The van der Waals surface area contributed by atoms with Crippen LogP contribution in [-0.2, 0) is 0 Å². The highest BCUT2D eigenvalue weighted by molar-refractivity contribution is 6.13. The van der Waals surface area contributed by atoms with Crippen LogP contribution in [0.5, 0.6) is 0 Å². The van der Waals surface area contributed by atoms with E-state index in [1.165, 1.54) is 10.8 Å². The summed E-state index contributed by atoms with van der Waals surface area (Å²) >= 11 is 0. The fourth-order valence-corrected chi connectivity index (χ4v) is 7.44. The van der Waals surface area contributed by atoms with E-state index in [4.69, 9.17) is 0 Å². The average molecular weight is 611 g/mol. The van der Waals surface area contributed by atoms with Crippen LogP contribution < -0.4 is 0 Å². The minimum absolute atomic E-state index is 0.584. The molecule has 2 heterocycles. The normalized spacial score (nSPS) is 11.3. The van der Waals surface area contributed by atoms with Gasteiger partial charge in [0.25, 0.3) is 0 Å². The Bertz CT molecular complexity index is 2760. The first-order valence-corrected chi connectivity index (χ1v) is 15.9. The van der Waals surface area contributed by atoms with Gasteiger partial charge in [-0.25, -0.2) is 0 Å². The van der Waals surface area contributed by atoms with E-state index in [1.54, 1.807) is 0 Å². The lowest BCUT2D eigenvalue weighted by Gasteiger charge is -2.19. The summed E-state index contributed by atoms with van der Waals surface area (Å²) in [5.74, 6) is 0. The molecule has 0 radical (unpaired) electrons. The molecule has 0 spiro atoms. The van der Waals surface area contributed by atoms with Crippen LogP contribution in [-0.4, -0.2) is 9.13 Å². The van der Waals surface area contributed by atoms with Crippen LogP contribution in [0.25, 0.3) is 77.2 Å². The molecule has 0 N–H and O–H groups in total. The predicted octanol–water partition coefficient (Wildman–Crippen LogP) is 11.0. The molecule has 0 aliphatic heterocycles. The fraction of sp³-hybridized carbons (Fsp3) is 0. The van der Waals surface area contributed by atoms with E-state index in [9.17, 15) is 10.5 Å². The maximum atomic E-state index is 10.5. The van der Waals surface area contributed by atoms with Gasteiger partial charge in [0, 0.05) is 32.8 Å². The van der Waals surface area contributed by atoms with Crippen molar-refractivity contribution in [3.8, 4) is 45.8 Å². The molecule has 0 bridgehead atoms. The first-order chi connectivity index (χ1) is 23.8. The third-order valence-corrected chi connectivity index (χ3v) is 9.41. The molecule has 0 fully saturated rings. The van der Waals surface area contributed by atoms with Gasteiger partial charge >= 0.3 is 0 Å². The van der Waals surface area contributed by atoms with Crippen LogP contribution in [0, 0.1) is 22.7 Å². The number of para-hydroxylation sites is 3. The molecule has 9 aromatic rings.